The van der Waals surface area contributed by atoms with Crippen LogP contribution in [0.4, 0.5) is 0 Å². The summed E-state index contributed by atoms with van der Waals surface area (Å²) in [5, 5.41) is 0. The van der Waals surface area contributed by atoms with Crippen molar-refractivity contribution in [1.29, 1.82) is 0 Å². The van der Waals surface area contributed by atoms with Crippen molar-refractivity contribution in [2.75, 3.05) is 0 Å². The molecule has 0 aromatic heterocycles. The zero-order chi connectivity index (χ0) is 19.5. The Hall–Kier alpha value is -0.780. The zero-order valence-corrected chi connectivity index (χ0v) is 19.0. The van der Waals surface area contributed by atoms with Crippen LogP contribution in [0.25, 0.3) is 0 Å². The predicted octanol–water partition coefficient (Wildman–Crippen LogP) is 8.42. The van der Waals surface area contributed by atoms with Crippen molar-refractivity contribution in [3.05, 3.63) is 33.9 Å². The van der Waals surface area contributed by atoms with Crippen LogP contribution in [0.15, 0.2) is 6.07 Å². The van der Waals surface area contributed by atoms with Crippen LogP contribution in [0, 0.1) is 31.6 Å². The molecule has 0 saturated heterocycles. The molecule has 0 heterocycles. The van der Waals surface area contributed by atoms with Crippen LogP contribution in [0.2, 0.25) is 0 Å². The maximum absolute atomic E-state index is 2.52. The van der Waals surface area contributed by atoms with Gasteiger partial charge in [-0.2, -0.15) is 0 Å². The first-order chi connectivity index (χ1) is 12.8. The van der Waals surface area contributed by atoms with Crippen molar-refractivity contribution < 1.29 is 0 Å². The van der Waals surface area contributed by atoms with Gasteiger partial charge in [-0.05, 0) is 124 Å². The van der Waals surface area contributed by atoms with Crippen molar-refractivity contribution >= 4 is 0 Å². The Morgan fingerprint density at radius 3 is 1.78 bits per heavy atom. The van der Waals surface area contributed by atoms with Gasteiger partial charge in [0.2, 0.25) is 0 Å². The minimum absolute atomic E-state index is 0.722. The number of unbranched alkanes of at least 4 members (excludes halogenated alkanes) is 4. The molecule has 0 heteroatoms. The molecule has 152 valence electrons. The lowest BCUT2D eigenvalue weighted by Gasteiger charge is -2.17. The molecule has 0 radical (unpaired) electrons. The highest BCUT2D eigenvalue weighted by atomic mass is 14.4. The average molecular weight is 369 g/mol. The summed E-state index contributed by atoms with van der Waals surface area (Å²) in [7, 11) is 0. The molecule has 0 nitrogen and oxygen atoms in total. The lowest BCUT2D eigenvalue weighted by molar-refractivity contribution is 0.471. The molecule has 1 aromatic carbocycles. The Morgan fingerprint density at radius 2 is 1.19 bits per heavy atom. The van der Waals surface area contributed by atoms with Gasteiger partial charge in [0, 0.05) is 0 Å². The highest BCUT2D eigenvalue weighted by molar-refractivity contribution is 5.44. The van der Waals surface area contributed by atoms with Crippen molar-refractivity contribution in [3.8, 4) is 0 Å². The van der Waals surface area contributed by atoms with E-state index in [0.717, 1.165) is 10.8 Å². The van der Waals surface area contributed by atoms with Crippen LogP contribution < -0.4 is 0 Å². The molecule has 0 amide bonds. The zero-order valence-electron chi connectivity index (χ0n) is 19.0. The number of hydrogen-bond acceptors (Lipinski definition) is 0. The van der Waals surface area contributed by atoms with Crippen molar-refractivity contribution in [2.45, 2.75) is 125 Å². The lowest BCUT2D eigenvalue weighted by Crippen LogP contribution is -2.03. The van der Waals surface area contributed by atoms with Crippen molar-refractivity contribution in [3.63, 3.8) is 0 Å². The second kappa shape index (κ2) is 8.71. The van der Waals surface area contributed by atoms with E-state index in [1.807, 2.05) is 0 Å². The van der Waals surface area contributed by atoms with Crippen LogP contribution in [-0.2, 0) is 12.8 Å². The molecule has 0 aliphatic heterocycles. The molecule has 0 N–H and O–H groups in total. The third-order valence-electron chi connectivity index (χ3n) is 8.00. The Labute approximate surface area is 169 Å². The van der Waals surface area contributed by atoms with Gasteiger partial charge < -0.3 is 0 Å². The Kier molecular flexibility index (Phi) is 6.75. The van der Waals surface area contributed by atoms with E-state index in [0.29, 0.717) is 0 Å². The minimum Gasteiger partial charge on any atom is -0.0596 e. The summed E-state index contributed by atoms with van der Waals surface area (Å²) >= 11 is 0. The quantitative estimate of drug-likeness (QED) is 0.325. The molecular weight excluding hydrogens is 324 g/mol. The van der Waals surface area contributed by atoms with Crippen molar-refractivity contribution in [2.24, 2.45) is 10.8 Å². The largest absolute Gasteiger partial charge is 0.0596 e. The van der Waals surface area contributed by atoms with Gasteiger partial charge in [0.1, 0.15) is 0 Å². The Morgan fingerprint density at radius 1 is 0.667 bits per heavy atom. The highest BCUT2D eigenvalue weighted by Crippen LogP contribution is 2.49. The van der Waals surface area contributed by atoms with Gasteiger partial charge in [-0.3, -0.25) is 0 Å². The first-order valence-electron chi connectivity index (χ1n) is 11.9. The van der Waals surface area contributed by atoms with Gasteiger partial charge >= 0.3 is 0 Å². The highest BCUT2D eigenvalue weighted by Gasteiger charge is 2.36. The molecule has 0 atom stereocenters. The summed E-state index contributed by atoms with van der Waals surface area (Å²) in [6.07, 6.45) is 19.8. The first kappa shape index (κ1) is 20.9. The predicted molar refractivity (Wildman–Crippen MR) is 120 cm³/mol. The fourth-order valence-corrected chi connectivity index (χ4v) is 4.87. The minimum atomic E-state index is 0.722. The molecule has 1 aromatic rings. The first-order valence-corrected chi connectivity index (χ1v) is 11.9. The van der Waals surface area contributed by atoms with E-state index >= 15 is 0 Å². The molecular formula is C27H44. The molecule has 2 aliphatic carbocycles. The summed E-state index contributed by atoms with van der Waals surface area (Å²) in [6, 6.07) is 2.52. The molecule has 3 rings (SSSR count). The summed E-state index contributed by atoms with van der Waals surface area (Å²) in [6.45, 7) is 12.0. The smallest absolute Gasteiger partial charge is 0.0274 e. The number of rotatable bonds is 12. The topological polar surface area (TPSA) is 0 Å². The monoisotopic (exact) mass is 368 g/mol. The molecule has 2 fully saturated rings. The SMILES string of the molecule is Cc1cc(CCCCCCC2(C)CC2)c(C)c(C)c1CCCCC1(C)CC1. The van der Waals surface area contributed by atoms with Crippen LogP contribution in [0.3, 0.4) is 0 Å². The lowest BCUT2D eigenvalue weighted by atomic mass is 9.88. The Balaban J connectivity index is 1.42. The normalized spacial score (nSPS) is 19.3. The summed E-state index contributed by atoms with van der Waals surface area (Å²) in [5.41, 5.74) is 9.45. The summed E-state index contributed by atoms with van der Waals surface area (Å²) < 4.78 is 0. The average Bonchev–Trinajstić information content (AvgIpc) is 3.54. The fraction of sp³-hybridized carbons (Fsp3) is 0.778. The van der Waals surface area contributed by atoms with E-state index in [1.165, 1.54) is 89.9 Å². The van der Waals surface area contributed by atoms with Gasteiger partial charge in [0.05, 0.1) is 0 Å². The van der Waals surface area contributed by atoms with Crippen LogP contribution in [0.1, 0.15) is 119 Å². The van der Waals surface area contributed by atoms with Gasteiger partial charge in [-0.25, -0.2) is 0 Å². The third-order valence-corrected chi connectivity index (χ3v) is 8.00. The summed E-state index contributed by atoms with van der Waals surface area (Å²) in [5.74, 6) is 0. The van der Waals surface area contributed by atoms with E-state index in [9.17, 15) is 0 Å². The molecule has 0 spiro atoms. The van der Waals surface area contributed by atoms with E-state index in [1.54, 1.807) is 27.8 Å². The van der Waals surface area contributed by atoms with Crippen molar-refractivity contribution in [1.82, 2.24) is 0 Å². The van der Waals surface area contributed by atoms with E-state index in [-0.39, 0.29) is 0 Å². The van der Waals surface area contributed by atoms with E-state index in [4.69, 9.17) is 0 Å². The van der Waals surface area contributed by atoms with E-state index < -0.39 is 0 Å². The molecule has 0 unspecified atom stereocenters. The molecule has 2 aliphatic rings. The molecule has 2 saturated carbocycles. The molecule has 0 bridgehead atoms. The van der Waals surface area contributed by atoms with Gasteiger partial charge in [-0.15, -0.1) is 0 Å². The maximum Gasteiger partial charge on any atom is -0.0274 e. The third kappa shape index (κ3) is 6.10. The van der Waals surface area contributed by atoms with Crippen LogP contribution in [-0.4, -0.2) is 0 Å². The van der Waals surface area contributed by atoms with Crippen LogP contribution in [0.5, 0.6) is 0 Å². The van der Waals surface area contributed by atoms with Gasteiger partial charge in [-0.1, -0.05) is 45.6 Å². The summed E-state index contributed by atoms with van der Waals surface area (Å²) in [4.78, 5) is 0. The fourth-order valence-electron chi connectivity index (χ4n) is 4.87. The van der Waals surface area contributed by atoms with Crippen LogP contribution >= 0.6 is 0 Å². The van der Waals surface area contributed by atoms with E-state index in [2.05, 4.69) is 40.7 Å². The number of benzene rings is 1. The maximum atomic E-state index is 2.52. The number of hydrogen-bond donors (Lipinski definition) is 0. The standard InChI is InChI=1S/C27H44/c1-21-20-24(12-8-6-7-10-14-26(4)16-17-26)22(2)23(3)25(21)13-9-11-15-27(5)18-19-27/h20H,6-19H2,1-5H3. The van der Waals surface area contributed by atoms with Gasteiger partial charge in [0.25, 0.3) is 0 Å². The van der Waals surface area contributed by atoms with Gasteiger partial charge in [0.15, 0.2) is 0 Å². The second-order valence-corrected chi connectivity index (χ2v) is 10.8. The second-order valence-electron chi connectivity index (χ2n) is 10.8. The number of aryl methyl sites for hydroxylation is 2. The molecule has 27 heavy (non-hydrogen) atoms. The Bertz CT molecular complexity index is 628.